The van der Waals surface area contributed by atoms with Crippen LogP contribution >= 0.6 is 11.6 Å². The summed E-state index contributed by atoms with van der Waals surface area (Å²) in [5.41, 5.74) is 5.46. The third kappa shape index (κ3) is 8.34. The van der Waals surface area contributed by atoms with Gasteiger partial charge in [-0.25, -0.2) is 9.59 Å². The van der Waals surface area contributed by atoms with Crippen molar-refractivity contribution >= 4 is 40.6 Å². The van der Waals surface area contributed by atoms with Gasteiger partial charge in [-0.3, -0.25) is 5.43 Å². The van der Waals surface area contributed by atoms with Gasteiger partial charge in [-0.1, -0.05) is 60.1 Å². The van der Waals surface area contributed by atoms with Crippen molar-refractivity contribution in [2.75, 3.05) is 27.4 Å². The van der Waals surface area contributed by atoms with Crippen LogP contribution in [0.1, 0.15) is 36.6 Å². The Morgan fingerprint density at radius 1 is 1.02 bits per heavy atom. The Balaban J connectivity index is 1.21. The van der Waals surface area contributed by atoms with Crippen LogP contribution in [0.2, 0.25) is 5.02 Å². The van der Waals surface area contributed by atoms with Gasteiger partial charge in [-0.2, -0.15) is 5.10 Å². The number of allylic oxidation sites excluding steroid dienone is 1. The van der Waals surface area contributed by atoms with Crippen LogP contribution in [-0.2, 0) is 16.1 Å². The van der Waals surface area contributed by atoms with E-state index >= 15 is 0 Å². The first-order chi connectivity index (χ1) is 23.7. The fourth-order valence-electron chi connectivity index (χ4n) is 5.34. The summed E-state index contributed by atoms with van der Waals surface area (Å²) in [6.07, 6.45) is 0.292. The number of amides is 2. The topological polar surface area (TPSA) is 149 Å². The molecule has 1 aliphatic rings. The van der Waals surface area contributed by atoms with Gasteiger partial charge < -0.3 is 39.4 Å². The van der Waals surface area contributed by atoms with Crippen molar-refractivity contribution in [2.45, 2.75) is 32.7 Å². The fraction of sp³-hybridized carbons (Fsp3) is 0.250. The van der Waals surface area contributed by atoms with Crippen LogP contribution in [-0.4, -0.2) is 57.0 Å². The van der Waals surface area contributed by atoms with E-state index in [1.807, 2.05) is 49.4 Å². The Labute approximate surface area is 288 Å². The number of urea groups is 1. The van der Waals surface area contributed by atoms with E-state index in [2.05, 4.69) is 21.2 Å². The molecule has 1 aliphatic heterocycles. The molecule has 0 saturated carbocycles. The van der Waals surface area contributed by atoms with Crippen molar-refractivity contribution in [3.05, 3.63) is 106 Å². The lowest BCUT2D eigenvalue weighted by atomic mass is 9.95. The predicted octanol–water partition coefficient (Wildman–Crippen LogP) is 5.60. The summed E-state index contributed by atoms with van der Waals surface area (Å²) in [7, 11) is 2.80. The number of ether oxygens (including phenoxy) is 5. The molecule has 2 amide bonds. The van der Waals surface area contributed by atoms with Crippen LogP contribution < -0.4 is 35.0 Å². The molecule has 4 aromatic carbocycles. The first-order valence-corrected chi connectivity index (χ1v) is 15.8. The van der Waals surface area contributed by atoms with Gasteiger partial charge in [0.1, 0.15) is 13.2 Å². The Morgan fingerprint density at radius 2 is 1.82 bits per heavy atom. The molecule has 0 unspecified atom stereocenters. The monoisotopic (exact) mass is 688 g/mol. The quantitative estimate of drug-likeness (QED) is 0.0575. The summed E-state index contributed by atoms with van der Waals surface area (Å²) < 4.78 is 28.2. The second kappa shape index (κ2) is 16.1. The van der Waals surface area contributed by atoms with Gasteiger partial charge in [-0.05, 0) is 65.6 Å². The van der Waals surface area contributed by atoms with E-state index < -0.39 is 24.3 Å². The highest BCUT2D eigenvalue weighted by Gasteiger charge is 2.32. The van der Waals surface area contributed by atoms with Crippen LogP contribution in [0, 0.1) is 0 Å². The number of halogens is 1. The number of aliphatic hydroxyl groups excluding tert-OH is 1. The third-order valence-electron chi connectivity index (χ3n) is 7.61. The Kier molecular flexibility index (Phi) is 11.4. The smallest absolute Gasteiger partial charge is 0.337 e. The molecule has 0 aromatic heterocycles. The number of fused-ring (bicyclic) bond motifs is 1. The molecule has 1 heterocycles. The number of esters is 1. The minimum Gasteiger partial charge on any atom is -0.493 e. The minimum atomic E-state index is -1.19. The van der Waals surface area contributed by atoms with Crippen molar-refractivity contribution in [1.29, 1.82) is 0 Å². The summed E-state index contributed by atoms with van der Waals surface area (Å²) in [4.78, 5) is 24.7. The van der Waals surface area contributed by atoms with Crippen molar-refractivity contribution in [1.82, 2.24) is 16.1 Å². The van der Waals surface area contributed by atoms with Crippen LogP contribution in [0.25, 0.3) is 10.8 Å². The molecule has 0 spiro atoms. The molecule has 4 N–H and O–H groups in total. The van der Waals surface area contributed by atoms with E-state index in [1.54, 1.807) is 37.3 Å². The van der Waals surface area contributed by atoms with Gasteiger partial charge in [0.2, 0.25) is 0 Å². The van der Waals surface area contributed by atoms with Crippen molar-refractivity contribution in [2.24, 2.45) is 5.10 Å². The number of hydrazone groups is 1. The maximum Gasteiger partial charge on any atom is 0.337 e. The van der Waals surface area contributed by atoms with E-state index in [9.17, 15) is 14.7 Å². The van der Waals surface area contributed by atoms with E-state index in [0.717, 1.165) is 16.3 Å². The maximum absolute atomic E-state index is 12.5. The molecule has 0 aliphatic carbocycles. The van der Waals surface area contributed by atoms with Gasteiger partial charge in [0.05, 0.1) is 43.7 Å². The molecule has 49 heavy (non-hydrogen) atoms. The Bertz CT molecular complexity index is 1890. The maximum atomic E-state index is 12.5. The Morgan fingerprint density at radius 3 is 2.59 bits per heavy atom. The van der Waals surface area contributed by atoms with Gasteiger partial charge in [-0.15, -0.1) is 0 Å². The fourth-order valence-corrected chi connectivity index (χ4v) is 5.62. The van der Waals surface area contributed by atoms with Gasteiger partial charge in [0.25, 0.3) is 0 Å². The molecule has 5 rings (SSSR count). The van der Waals surface area contributed by atoms with Gasteiger partial charge in [0, 0.05) is 5.70 Å². The van der Waals surface area contributed by atoms with E-state index in [0.29, 0.717) is 58.1 Å². The molecule has 256 valence electrons. The second-order valence-corrected chi connectivity index (χ2v) is 11.3. The van der Waals surface area contributed by atoms with Crippen LogP contribution in [0.4, 0.5) is 4.79 Å². The average Bonchev–Trinajstić information content (AvgIpc) is 3.10. The lowest BCUT2D eigenvalue weighted by Crippen LogP contribution is -2.45. The highest BCUT2D eigenvalue weighted by atomic mass is 35.5. The van der Waals surface area contributed by atoms with Crippen LogP contribution in [0.3, 0.4) is 0 Å². The average molecular weight is 689 g/mol. The minimum absolute atomic E-state index is 0.182. The zero-order chi connectivity index (χ0) is 34.9. The Hall–Kier alpha value is -5.46. The summed E-state index contributed by atoms with van der Waals surface area (Å²) in [6.45, 7) is 3.87. The zero-order valence-electron chi connectivity index (χ0n) is 27.4. The SMILES string of the molecule is CCOc1cc([C@@H]2NC(=O)NC(C)=C2C(=O)OC)ccc1OC[C@@H](O)N/N=C\c1cc(Cl)c(OCc2cccc3ccccc23)c(OC)c1. The van der Waals surface area contributed by atoms with Crippen LogP contribution in [0.5, 0.6) is 23.0 Å². The highest BCUT2D eigenvalue weighted by Crippen LogP contribution is 2.37. The molecule has 2 atom stereocenters. The number of rotatable bonds is 14. The second-order valence-electron chi connectivity index (χ2n) is 10.9. The van der Waals surface area contributed by atoms with Crippen LogP contribution in [0.15, 0.2) is 89.2 Å². The van der Waals surface area contributed by atoms with E-state index in [4.69, 9.17) is 35.3 Å². The molecule has 0 bridgehead atoms. The van der Waals surface area contributed by atoms with Gasteiger partial charge in [0.15, 0.2) is 29.2 Å². The third-order valence-corrected chi connectivity index (χ3v) is 7.89. The van der Waals surface area contributed by atoms with Gasteiger partial charge >= 0.3 is 12.0 Å². The number of hydrogen-bond donors (Lipinski definition) is 4. The summed E-state index contributed by atoms with van der Waals surface area (Å²) in [6, 6.07) is 21.3. The molecular weight excluding hydrogens is 652 g/mol. The number of hydrogen-bond acceptors (Lipinski definition) is 10. The first kappa shape index (κ1) is 34.9. The zero-order valence-corrected chi connectivity index (χ0v) is 28.2. The summed E-state index contributed by atoms with van der Waals surface area (Å²) >= 11 is 6.59. The van der Waals surface area contributed by atoms with Crippen molar-refractivity contribution < 1.29 is 38.4 Å². The number of nitrogens with zero attached hydrogens (tertiary/aromatic N) is 1. The number of nitrogens with one attached hydrogen (secondary N) is 3. The number of carbonyl (C=O) groups excluding carboxylic acids is 2. The van der Waals surface area contributed by atoms with E-state index in [1.165, 1.54) is 20.4 Å². The molecule has 12 nitrogen and oxygen atoms in total. The molecule has 0 saturated heterocycles. The standard InChI is InChI=1S/C36H37ClN4O8/c1-5-47-29-17-24(33-32(35(43)46-4)21(2)39-36(44)40-33)13-14-28(29)48-20-31(42)41-38-18-22-15-27(37)34(30(16-22)45-3)49-19-25-11-8-10-23-9-6-7-12-26(23)25/h6-18,31,33,41-42H,5,19-20H2,1-4H3,(H2,39,40,44)/b38-18-/t31-,33+/m1/s1. The summed E-state index contributed by atoms with van der Waals surface area (Å²) in [5.74, 6) is 0.951. The van der Waals surface area contributed by atoms with E-state index in [-0.39, 0.29) is 12.2 Å². The molecule has 0 fully saturated rings. The molecule has 4 aromatic rings. The molecule has 0 radical (unpaired) electrons. The number of benzene rings is 4. The van der Waals surface area contributed by atoms with Crippen molar-refractivity contribution in [3.63, 3.8) is 0 Å². The number of methoxy groups -OCH3 is 2. The highest BCUT2D eigenvalue weighted by molar-refractivity contribution is 6.32. The summed E-state index contributed by atoms with van der Waals surface area (Å²) in [5, 5.41) is 22.5. The molecular formula is C36H37ClN4O8. The molecule has 13 heteroatoms. The normalized spacial score (nSPS) is 15.0. The lowest BCUT2D eigenvalue weighted by molar-refractivity contribution is -0.136. The number of aliphatic hydroxyl groups is 1. The first-order valence-electron chi connectivity index (χ1n) is 15.4. The largest absolute Gasteiger partial charge is 0.493 e. The lowest BCUT2D eigenvalue weighted by Gasteiger charge is -2.28. The predicted molar refractivity (Wildman–Crippen MR) is 185 cm³/mol. The number of carbonyl (C=O) groups is 2. The van der Waals surface area contributed by atoms with Crippen molar-refractivity contribution in [3.8, 4) is 23.0 Å².